The van der Waals surface area contributed by atoms with E-state index in [1.807, 2.05) is 55.5 Å². The van der Waals surface area contributed by atoms with Gasteiger partial charge in [0.15, 0.2) is 0 Å². The fourth-order valence-corrected chi connectivity index (χ4v) is 2.58. The van der Waals surface area contributed by atoms with Gasteiger partial charge in [-0.3, -0.25) is 9.78 Å². The van der Waals surface area contributed by atoms with E-state index in [2.05, 4.69) is 20.3 Å². The van der Waals surface area contributed by atoms with Gasteiger partial charge in [-0.05, 0) is 42.8 Å². The zero-order chi connectivity index (χ0) is 18.6. The topological polar surface area (TPSA) is 77.0 Å². The van der Waals surface area contributed by atoms with Crippen LogP contribution < -0.4 is 10.1 Å². The molecule has 1 amide bonds. The van der Waals surface area contributed by atoms with Crippen molar-refractivity contribution in [2.75, 3.05) is 5.32 Å². The Morgan fingerprint density at radius 2 is 1.78 bits per heavy atom. The van der Waals surface area contributed by atoms with Crippen molar-refractivity contribution >= 4 is 22.6 Å². The molecule has 0 spiro atoms. The fraction of sp³-hybridized carbons (Fsp3) is 0.0476. The van der Waals surface area contributed by atoms with Gasteiger partial charge in [-0.1, -0.05) is 24.3 Å². The number of fused-ring (bicyclic) bond motifs is 1. The van der Waals surface area contributed by atoms with E-state index in [4.69, 9.17) is 4.74 Å². The number of nitrogens with one attached hydrogen (secondary N) is 1. The zero-order valence-electron chi connectivity index (χ0n) is 14.6. The number of amides is 1. The number of hydrogen-bond acceptors (Lipinski definition) is 5. The summed E-state index contributed by atoms with van der Waals surface area (Å²) in [5.74, 6) is 0.817. The molecule has 1 N–H and O–H groups in total. The average Bonchev–Trinajstić information content (AvgIpc) is 2.69. The molecule has 0 bridgehead atoms. The van der Waals surface area contributed by atoms with E-state index >= 15 is 0 Å². The van der Waals surface area contributed by atoms with Gasteiger partial charge in [-0.25, -0.2) is 9.97 Å². The number of ether oxygens (including phenoxy) is 1. The molecule has 2 heterocycles. The summed E-state index contributed by atoms with van der Waals surface area (Å²) in [7, 11) is 0. The molecule has 132 valence electrons. The van der Waals surface area contributed by atoms with Crippen LogP contribution >= 0.6 is 0 Å². The fourth-order valence-electron chi connectivity index (χ4n) is 2.58. The summed E-state index contributed by atoms with van der Waals surface area (Å²) in [5.41, 5.74) is 3.31. The van der Waals surface area contributed by atoms with E-state index < -0.39 is 0 Å². The molecule has 0 aliphatic carbocycles. The van der Waals surface area contributed by atoms with Crippen LogP contribution in [0.15, 0.2) is 73.1 Å². The maximum Gasteiger partial charge on any atom is 0.275 e. The molecule has 4 rings (SSSR count). The number of nitrogens with zero attached hydrogens (tertiary/aromatic N) is 3. The number of rotatable bonds is 4. The highest BCUT2D eigenvalue weighted by Gasteiger charge is 2.10. The highest BCUT2D eigenvalue weighted by atomic mass is 16.5. The minimum absolute atomic E-state index is 0.244. The largest absolute Gasteiger partial charge is 0.439 e. The Hall–Kier alpha value is -3.80. The number of carbonyl (C=O) groups excluding carboxylic acids is 1. The first-order valence-corrected chi connectivity index (χ1v) is 8.41. The van der Waals surface area contributed by atoms with Crippen LogP contribution in [-0.4, -0.2) is 20.9 Å². The normalized spacial score (nSPS) is 10.6. The van der Waals surface area contributed by atoms with Gasteiger partial charge in [0.2, 0.25) is 5.88 Å². The standard InChI is InChI=1S/C21H16N4O2/c1-14-5-4-6-16(11-14)27-20-10-9-15(12-23-20)24-21(26)19-13-22-17-7-2-3-8-18(17)25-19/h2-13H,1H3,(H,24,26). The summed E-state index contributed by atoms with van der Waals surface area (Å²) < 4.78 is 5.71. The van der Waals surface area contributed by atoms with E-state index in [-0.39, 0.29) is 11.6 Å². The molecular formula is C21H16N4O2. The third kappa shape index (κ3) is 3.90. The number of benzene rings is 2. The molecule has 2 aromatic heterocycles. The Morgan fingerprint density at radius 1 is 0.926 bits per heavy atom. The Kier molecular flexibility index (Phi) is 4.45. The summed E-state index contributed by atoms with van der Waals surface area (Å²) in [6.45, 7) is 1.99. The predicted molar refractivity (Wildman–Crippen MR) is 103 cm³/mol. The molecule has 4 aromatic rings. The summed E-state index contributed by atoms with van der Waals surface area (Å²) in [4.78, 5) is 25.2. The molecule has 6 nitrogen and oxygen atoms in total. The van der Waals surface area contributed by atoms with Gasteiger partial charge in [0.25, 0.3) is 5.91 Å². The van der Waals surface area contributed by atoms with Crippen molar-refractivity contribution in [1.29, 1.82) is 0 Å². The van der Waals surface area contributed by atoms with Crippen molar-refractivity contribution in [1.82, 2.24) is 15.0 Å². The van der Waals surface area contributed by atoms with Crippen molar-refractivity contribution in [3.05, 3.63) is 84.3 Å². The average molecular weight is 356 g/mol. The zero-order valence-corrected chi connectivity index (χ0v) is 14.6. The molecule has 0 radical (unpaired) electrons. The van der Waals surface area contributed by atoms with Crippen LogP contribution in [0.3, 0.4) is 0 Å². The summed E-state index contributed by atoms with van der Waals surface area (Å²) in [6.07, 6.45) is 3.00. The lowest BCUT2D eigenvalue weighted by Crippen LogP contribution is -2.14. The van der Waals surface area contributed by atoms with Crippen molar-refractivity contribution in [3.63, 3.8) is 0 Å². The Balaban J connectivity index is 1.46. The molecule has 0 atom stereocenters. The number of anilines is 1. The lowest BCUT2D eigenvalue weighted by molar-refractivity contribution is 0.102. The van der Waals surface area contributed by atoms with Gasteiger partial charge in [0, 0.05) is 6.07 Å². The highest BCUT2D eigenvalue weighted by Crippen LogP contribution is 2.21. The van der Waals surface area contributed by atoms with Crippen molar-refractivity contribution in [3.8, 4) is 11.6 Å². The number of aryl methyl sites for hydroxylation is 1. The van der Waals surface area contributed by atoms with Gasteiger partial charge in [0.05, 0.1) is 29.1 Å². The second-order valence-corrected chi connectivity index (χ2v) is 6.00. The summed E-state index contributed by atoms with van der Waals surface area (Å²) in [5, 5.41) is 2.76. The van der Waals surface area contributed by atoms with E-state index in [1.165, 1.54) is 12.4 Å². The second kappa shape index (κ2) is 7.21. The first-order chi connectivity index (χ1) is 13.2. The Morgan fingerprint density at radius 3 is 2.56 bits per heavy atom. The first-order valence-electron chi connectivity index (χ1n) is 8.41. The highest BCUT2D eigenvalue weighted by molar-refractivity contribution is 6.03. The maximum absolute atomic E-state index is 12.4. The quantitative estimate of drug-likeness (QED) is 0.587. The van der Waals surface area contributed by atoms with E-state index in [0.29, 0.717) is 22.8 Å². The monoisotopic (exact) mass is 356 g/mol. The Bertz CT molecular complexity index is 1110. The van der Waals surface area contributed by atoms with Crippen LogP contribution in [0.25, 0.3) is 11.0 Å². The predicted octanol–water partition coefficient (Wildman–Crippen LogP) is 4.38. The Labute approximate surface area is 155 Å². The number of pyridine rings is 1. The maximum atomic E-state index is 12.4. The van der Waals surface area contributed by atoms with Gasteiger partial charge in [-0.2, -0.15) is 0 Å². The van der Waals surface area contributed by atoms with Gasteiger partial charge >= 0.3 is 0 Å². The molecule has 0 saturated heterocycles. The number of carbonyl (C=O) groups is 1. The van der Waals surface area contributed by atoms with Crippen LogP contribution in [0.5, 0.6) is 11.6 Å². The second-order valence-electron chi connectivity index (χ2n) is 6.00. The molecule has 27 heavy (non-hydrogen) atoms. The molecule has 0 aliphatic rings. The van der Waals surface area contributed by atoms with Gasteiger partial charge in [0.1, 0.15) is 11.4 Å². The minimum atomic E-state index is -0.345. The van der Waals surface area contributed by atoms with Crippen LogP contribution in [0, 0.1) is 6.92 Å². The van der Waals surface area contributed by atoms with Crippen molar-refractivity contribution in [2.45, 2.75) is 6.92 Å². The molecule has 2 aromatic carbocycles. The van der Waals surface area contributed by atoms with Crippen LogP contribution in [0.4, 0.5) is 5.69 Å². The molecular weight excluding hydrogens is 340 g/mol. The van der Waals surface area contributed by atoms with Gasteiger partial charge < -0.3 is 10.1 Å². The molecule has 0 unspecified atom stereocenters. The number of para-hydroxylation sites is 2. The van der Waals surface area contributed by atoms with Crippen LogP contribution in [0.1, 0.15) is 16.1 Å². The first kappa shape index (κ1) is 16.7. The van der Waals surface area contributed by atoms with Crippen LogP contribution in [-0.2, 0) is 0 Å². The molecule has 6 heteroatoms. The van der Waals surface area contributed by atoms with Crippen molar-refractivity contribution < 1.29 is 9.53 Å². The number of aromatic nitrogens is 3. The molecule has 0 saturated carbocycles. The summed E-state index contributed by atoms with van der Waals surface area (Å²) in [6, 6.07) is 18.5. The SMILES string of the molecule is Cc1cccc(Oc2ccc(NC(=O)c3cnc4ccccc4n3)cn2)c1. The van der Waals surface area contributed by atoms with E-state index in [1.54, 1.807) is 12.1 Å². The van der Waals surface area contributed by atoms with Crippen molar-refractivity contribution in [2.24, 2.45) is 0 Å². The molecule has 0 aliphatic heterocycles. The smallest absolute Gasteiger partial charge is 0.275 e. The lowest BCUT2D eigenvalue weighted by Gasteiger charge is -2.08. The molecule has 0 fully saturated rings. The lowest BCUT2D eigenvalue weighted by atomic mass is 10.2. The third-order valence-corrected chi connectivity index (χ3v) is 3.89. The van der Waals surface area contributed by atoms with Crippen LogP contribution in [0.2, 0.25) is 0 Å². The number of hydrogen-bond donors (Lipinski definition) is 1. The van der Waals surface area contributed by atoms with E-state index in [9.17, 15) is 4.79 Å². The van der Waals surface area contributed by atoms with Gasteiger partial charge in [-0.15, -0.1) is 0 Å². The minimum Gasteiger partial charge on any atom is -0.439 e. The summed E-state index contributed by atoms with van der Waals surface area (Å²) >= 11 is 0. The van der Waals surface area contributed by atoms with E-state index in [0.717, 1.165) is 11.1 Å². The third-order valence-electron chi connectivity index (χ3n) is 3.89.